The number of aromatic nitrogens is 1. The van der Waals surface area contributed by atoms with Crippen LogP contribution in [0.15, 0.2) is 47.4 Å². The van der Waals surface area contributed by atoms with E-state index in [1.165, 1.54) is 0 Å². The first-order chi connectivity index (χ1) is 9.95. The summed E-state index contributed by atoms with van der Waals surface area (Å²) in [6, 6.07) is 11.5. The topological polar surface area (TPSA) is 24.9 Å². The van der Waals surface area contributed by atoms with Gasteiger partial charge in [0.25, 0.3) is 0 Å². The monoisotopic (exact) mass is 332 g/mol. The summed E-state index contributed by atoms with van der Waals surface area (Å²) in [7, 11) is 0. The molecule has 1 N–H and O–H groups in total. The van der Waals surface area contributed by atoms with Gasteiger partial charge in [-0.05, 0) is 24.3 Å². The molecule has 112 valence electrons. The third kappa shape index (κ3) is 5.13. The fourth-order valence-corrected chi connectivity index (χ4v) is 2.61. The lowest BCUT2D eigenvalue weighted by Crippen LogP contribution is -2.10. The molecule has 0 amide bonds. The van der Waals surface area contributed by atoms with Gasteiger partial charge in [0.15, 0.2) is 0 Å². The van der Waals surface area contributed by atoms with Gasteiger partial charge in [0.1, 0.15) is 11.0 Å². The number of nitrogens with one attached hydrogen (secondary N) is 1. The smallest absolute Gasteiger partial charge is 0.369 e. The predicted molar refractivity (Wildman–Crippen MR) is 79.9 cm³/mol. The molecular weight excluding hydrogens is 321 g/mol. The third-order valence-corrected chi connectivity index (χ3v) is 3.75. The number of rotatable bonds is 5. The van der Waals surface area contributed by atoms with Crippen LogP contribution in [-0.2, 0) is 6.18 Å². The largest absolute Gasteiger partial charge is 0.416 e. The van der Waals surface area contributed by atoms with E-state index in [1.54, 1.807) is 11.8 Å². The normalized spacial score (nSPS) is 11.4. The molecule has 0 radical (unpaired) electrons. The third-order valence-electron chi connectivity index (χ3n) is 2.54. The molecule has 0 aliphatic rings. The van der Waals surface area contributed by atoms with E-state index in [2.05, 4.69) is 10.3 Å². The maximum atomic E-state index is 12.6. The molecule has 0 unspecified atom stereocenters. The molecule has 0 fully saturated rings. The Kier molecular flexibility index (Phi) is 5.36. The van der Waals surface area contributed by atoms with Gasteiger partial charge in [0.05, 0.1) is 5.56 Å². The van der Waals surface area contributed by atoms with E-state index in [4.69, 9.17) is 11.6 Å². The SMILES string of the molecule is FC(F)(F)c1cc(Cl)nc(NCCSc2ccccc2)c1. The minimum absolute atomic E-state index is 0.128. The highest BCUT2D eigenvalue weighted by Crippen LogP contribution is 2.31. The van der Waals surface area contributed by atoms with Crippen molar-refractivity contribution >= 4 is 29.2 Å². The zero-order valence-corrected chi connectivity index (χ0v) is 12.4. The van der Waals surface area contributed by atoms with E-state index in [1.807, 2.05) is 30.3 Å². The average molecular weight is 333 g/mol. The van der Waals surface area contributed by atoms with Gasteiger partial charge in [-0.1, -0.05) is 29.8 Å². The lowest BCUT2D eigenvalue weighted by atomic mass is 10.2. The minimum atomic E-state index is -4.43. The Balaban J connectivity index is 1.90. The van der Waals surface area contributed by atoms with Gasteiger partial charge in [0.2, 0.25) is 0 Å². The summed E-state index contributed by atoms with van der Waals surface area (Å²) in [5.41, 5.74) is -0.805. The first-order valence-corrected chi connectivity index (χ1v) is 7.48. The van der Waals surface area contributed by atoms with Crippen molar-refractivity contribution in [2.24, 2.45) is 0 Å². The number of halogens is 4. The van der Waals surface area contributed by atoms with Gasteiger partial charge in [-0.15, -0.1) is 11.8 Å². The van der Waals surface area contributed by atoms with Crippen LogP contribution < -0.4 is 5.32 Å². The van der Waals surface area contributed by atoms with Crippen molar-refractivity contribution in [3.8, 4) is 0 Å². The van der Waals surface area contributed by atoms with Gasteiger partial charge in [0, 0.05) is 17.2 Å². The lowest BCUT2D eigenvalue weighted by Gasteiger charge is -2.10. The molecule has 2 rings (SSSR count). The Morgan fingerprint density at radius 2 is 1.86 bits per heavy atom. The number of benzene rings is 1. The van der Waals surface area contributed by atoms with Crippen molar-refractivity contribution in [1.82, 2.24) is 4.98 Å². The molecule has 2 nitrogen and oxygen atoms in total. The Morgan fingerprint density at radius 3 is 2.52 bits per heavy atom. The number of pyridine rings is 1. The summed E-state index contributed by atoms with van der Waals surface area (Å²) in [6.45, 7) is 0.490. The summed E-state index contributed by atoms with van der Waals surface area (Å²) < 4.78 is 37.9. The van der Waals surface area contributed by atoms with Crippen LogP contribution in [-0.4, -0.2) is 17.3 Å². The summed E-state index contributed by atoms with van der Waals surface area (Å²) in [6.07, 6.45) is -4.43. The predicted octanol–water partition coefficient (Wildman–Crippen LogP) is 4.96. The Bertz CT molecular complexity index is 591. The second kappa shape index (κ2) is 7.04. The van der Waals surface area contributed by atoms with Crippen LogP contribution in [0.3, 0.4) is 0 Å². The molecule has 0 spiro atoms. The van der Waals surface area contributed by atoms with E-state index in [0.29, 0.717) is 12.3 Å². The van der Waals surface area contributed by atoms with Crippen molar-refractivity contribution in [2.45, 2.75) is 11.1 Å². The Morgan fingerprint density at radius 1 is 1.14 bits per heavy atom. The van der Waals surface area contributed by atoms with Gasteiger partial charge in [-0.25, -0.2) is 4.98 Å². The van der Waals surface area contributed by atoms with Gasteiger partial charge < -0.3 is 5.32 Å². The van der Waals surface area contributed by atoms with E-state index in [0.717, 1.165) is 17.0 Å². The summed E-state index contributed by atoms with van der Waals surface area (Å²) in [5.74, 6) is 0.836. The second-order valence-corrected chi connectivity index (χ2v) is 5.71. The molecule has 0 bridgehead atoms. The number of hydrogen-bond acceptors (Lipinski definition) is 3. The van der Waals surface area contributed by atoms with Crippen LogP contribution in [0.2, 0.25) is 5.15 Å². The van der Waals surface area contributed by atoms with Crippen LogP contribution in [0.4, 0.5) is 19.0 Å². The highest BCUT2D eigenvalue weighted by molar-refractivity contribution is 7.99. The zero-order valence-electron chi connectivity index (χ0n) is 10.8. The van der Waals surface area contributed by atoms with Gasteiger partial charge >= 0.3 is 6.18 Å². The molecule has 21 heavy (non-hydrogen) atoms. The fraction of sp³-hybridized carbons (Fsp3) is 0.214. The maximum absolute atomic E-state index is 12.6. The van der Waals surface area contributed by atoms with Crippen LogP contribution in [0.1, 0.15) is 5.56 Å². The molecular formula is C14H12ClF3N2S. The van der Waals surface area contributed by atoms with Crippen molar-refractivity contribution in [2.75, 3.05) is 17.6 Å². The van der Waals surface area contributed by atoms with Crippen molar-refractivity contribution in [1.29, 1.82) is 0 Å². The van der Waals surface area contributed by atoms with E-state index in [9.17, 15) is 13.2 Å². The van der Waals surface area contributed by atoms with E-state index in [-0.39, 0.29) is 11.0 Å². The Hall–Kier alpha value is -1.40. The quantitative estimate of drug-likeness (QED) is 0.476. The van der Waals surface area contributed by atoms with E-state index >= 15 is 0 Å². The van der Waals surface area contributed by atoms with Crippen molar-refractivity contribution in [3.05, 3.63) is 53.2 Å². The summed E-state index contributed by atoms with van der Waals surface area (Å²) in [5, 5.41) is 2.67. The standard InChI is InChI=1S/C14H12ClF3N2S/c15-12-8-10(14(16,17)18)9-13(20-12)19-6-7-21-11-4-2-1-3-5-11/h1-5,8-9H,6-7H2,(H,19,20). The summed E-state index contributed by atoms with van der Waals surface area (Å²) in [4.78, 5) is 4.94. The molecule has 1 aromatic carbocycles. The van der Waals surface area contributed by atoms with Gasteiger partial charge in [-0.3, -0.25) is 0 Å². The molecule has 2 aromatic rings. The molecule has 0 aliphatic heterocycles. The molecule has 0 atom stereocenters. The lowest BCUT2D eigenvalue weighted by molar-refractivity contribution is -0.137. The minimum Gasteiger partial charge on any atom is -0.369 e. The second-order valence-electron chi connectivity index (χ2n) is 4.15. The zero-order chi connectivity index (χ0) is 15.3. The molecule has 0 saturated heterocycles. The number of nitrogens with zero attached hydrogens (tertiary/aromatic N) is 1. The van der Waals surface area contributed by atoms with Crippen LogP contribution >= 0.6 is 23.4 Å². The highest BCUT2D eigenvalue weighted by Gasteiger charge is 2.31. The van der Waals surface area contributed by atoms with Gasteiger partial charge in [-0.2, -0.15) is 13.2 Å². The van der Waals surface area contributed by atoms with Crippen molar-refractivity contribution < 1.29 is 13.2 Å². The van der Waals surface area contributed by atoms with Crippen LogP contribution in [0, 0.1) is 0 Å². The van der Waals surface area contributed by atoms with Crippen molar-refractivity contribution in [3.63, 3.8) is 0 Å². The first kappa shape index (κ1) is 16.0. The average Bonchev–Trinajstić information content (AvgIpc) is 2.43. The fourth-order valence-electron chi connectivity index (χ4n) is 1.62. The van der Waals surface area contributed by atoms with Crippen LogP contribution in [0.5, 0.6) is 0 Å². The Labute approximate surface area is 129 Å². The maximum Gasteiger partial charge on any atom is 0.416 e. The number of anilines is 1. The molecule has 1 aromatic heterocycles. The molecule has 1 heterocycles. The molecule has 0 aliphatic carbocycles. The number of thioether (sulfide) groups is 1. The number of hydrogen-bond donors (Lipinski definition) is 1. The van der Waals surface area contributed by atoms with Crippen LogP contribution in [0.25, 0.3) is 0 Å². The molecule has 0 saturated carbocycles. The summed E-state index contributed by atoms with van der Waals surface area (Å²) >= 11 is 7.22. The first-order valence-electron chi connectivity index (χ1n) is 6.11. The highest BCUT2D eigenvalue weighted by atomic mass is 35.5. The van der Waals surface area contributed by atoms with E-state index < -0.39 is 11.7 Å². The number of alkyl halides is 3. The molecule has 7 heteroatoms.